The van der Waals surface area contributed by atoms with Gasteiger partial charge in [-0.15, -0.1) is 0 Å². The van der Waals surface area contributed by atoms with E-state index >= 15 is 0 Å². The molecule has 186 valence electrons. The highest BCUT2D eigenvalue weighted by atomic mass is 16.2. The summed E-state index contributed by atoms with van der Waals surface area (Å²) in [5.74, 6) is 1.32. The van der Waals surface area contributed by atoms with Gasteiger partial charge < -0.3 is 19.7 Å². The number of hydrogen-bond acceptors (Lipinski definition) is 5. The highest BCUT2D eigenvalue weighted by Crippen LogP contribution is 2.30. The molecule has 0 saturated carbocycles. The van der Waals surface area contributed by atoms with Gasteiger partial charge in [0.2, 0.25) is 5.91 Å². The summed E-state index contributed by atoms with van der Waals surface area (Å²) in [5, 5.41) is 1.02. The summed E-state index contributed by atoms with van der Waals surface area (Å²) < 4.78 is 0. The van der Waals surface area contributed by atoms with Crippen molar-refractivity contribution in [1.29, 1.82) is 0 Å². The Kier molecular flexibility index (Phi) is 6.63. The lowest BCUT2D eigenvalue weighted by Crippen LogP contribution is -2.49. The molecule has 0 aliphatic carbocycles. The van der Waals surface area contributed by atoms with Gasteiger partial charge in [-0.05, 0) is 42.2 Å². The molecule has 5 rings (SSSR count). The second-order valence-corrected chi connectivity index (χ2v) is 9.97. The molecule has 0 spiro atoms. The maximum absolute atomic E-state index is 13.1. The van der Waals surface area contributed by atoms with Crippen molar-refractivity contribution in [3.63, 3.8) is 0 Å². The number of carbonyl (C=O) groups excluding carboxylic acids is 1. The fraction of sp³-hybridized carbons (Fsp3) is 0.345. The summed E-state index contributed by atoms with van der Waals surface area (Å²) in [4.78, 5) is 32.0. The molecule has 4 aromatic rings. The number of rotatable bonds is 6. The number of nitrogens with one attached hydrogen (secondary N) is 1. The van der Waals surface area contributed by atoms with E-state index in [9.17, 15) is 4.79 Å². The molecule has 1 N–H and O–H groups in total. The number of amides is 1. The third-order valence-electron chi connectivity index (χ3n) is 7.14. The monoisotopic (exact) mass is 482 g/mol. The van der Waals surface area contributed by atoms with Crippen molar-refractivity contribution in [2.24, 2.45) is 0 Å². The van der Waals surface area contributed by atoms with Gasteiger partial charge in [-0.1, -0.05) is 48.9 Å². The van der Waals surface area contributed by atoms with Crippen molar-refractivity contribution < 1.29 is 4.79 Å². The second kappa shape index (κ2) is 10.0. The number of piperazine rings is 1. The Bertz CT molecular complexity index is 1350. The van der Waals surface area contributed by atoms with Gasteiger partial charge in [-0.2, -0.15) is 0 Å². The average molecular weight is 483 g/mol. The number of fused-ring (bicyclic) bond motifs is 1. The fourth-order valence-corrected chi connectivity index (χ4v) is 4.85. The van der Waals surface area contributed by atoms with Crippen molar-refractivity contribution in [3.8, 4) is 11.3 Å². The minimum absolute atomic E-state index is 0.178. The summed E-state index contributed by atoms with van der Waals surface area (Å²) in [5.41, 5.74) is 6.60. The van der Waals surface area contributed by atoms with Gasteiger partial charge in [0.05, 0.1) is 5.39 Å². The number of anilines is 2. The quantitative estimate of drug-likeness (QED) is 0.426. The Hall–Kier alpha value is -3.87. The number of aromatic nitrogens is 3. The smallest absolute Gasteiger partial charge is 0.223 e. The molecule has 3 heterocycles. The van der Waals surface area contributed by atoms with Crippen LogP contribution < -0.4 is 9.80 Å². The van der Waals surface area contributed by atoms with E-state index < -0.39 is 0 Å². The van der Waals surface area contributed by atoms with Crippen LogP contribution in [0.4, 0.5) is 11.5 Å². The molecular formula is C29H34N6O. The Morgan fingerprint density at radius 2 is 1.78 bits per heavy atom. The van der Waals surface area contributed by atoms with Crippen LogP contribution >= 0.6 is 0 Å². The lowest BCUT2D eigenvalue weighted by atomic mass is 9.96. The number of aryl methyl sites for hydroxylation is 1. The van der Waals surface area contributed by atoms with E-state index in [-0.39, 0.29) is 11.8 Å². The summed E-state index contributed by atoms with van der Waals surface area (Å²) in [6, 6.07) is 19.1. The summed E-state index contributed by atoms with van der Waals surface area (Å²) in [6.45, 7) is 7.14. The van der Waals surface area contributed by atoms with Crippen LogP contribution in [0, 0.1) is 6.92 Å². The van der Waals surface area contributed by atoms with Crippen LogP contribution in [0.2, 0.25) is 0 Å². The molecule has 1 saturated heterocycles. The van der Waals surface area contributed by atoms with Crippen LogP contribution in [0.15, 0.2) is 60.9 Å². The third-order valence-corrected chi connectivity index (χ3v) is 7.14. The van der Waals surface area contributed by atoms with Crippen molar-refractivity contribution in [1.82, 2.24) is 19.9 Å². The first-order valence-corrected chi connectivity index (χ1v) is 12.6. The molecule has 1 atom stereocenters. The summed E-state index contributed by atoms with van der Waals surface area (Å²) >= 11 is 0. The number of hydrogen-bond donors (Lipinski definition) is 1. The molecule has 2 aromatic carbocycles. The highest BCUT2D eigenvalue weighted by Gasteiger charge is 2.25. The Morgan fingerprint density at radius 1 is 1.03 bits per heavy atom. The zero-order valence-electron chi connectivity index (χ0n) is 21.5. The second-order valence-electron chi connectivity index (χ2n) is 9.97. The van der Waals surface area contributed by atoms with Crippen LogP contribution in [-0.2, 0) is 4.79 Å². The number of aromatic amines is 1. The van der Waals surface area contributed by atoms with E-state index in [0.29, 0.717) is 19.5 Å². The molecular weight excluding hydrogens is 448 g/mol. The molecule has 1 aliphatic heterocycles. The van der Waals surface area contributed by atoms with E-state index in [0.717, 1.165) is 46.9 Å². The minimum atomic E-state index is 0.178. The average Bonchev–Trinajstić information content (AvgIpc) is 3.34. The van der Waals surface area contributed by atoms with Crippen LogP contribution in [0.5, 0.6) is 0 Å². The Morgan fingerprint density at radius 3 is 2.50 bits per heavy atom. The van der Waals surface area contributed by atoms with E-state index in [1.54, 1.807) is 6.33 Å². The maximum Gasteiger partial charge on any atom is 0.223 e. The number of carbonyl (C=O) groups is 1. The standard InChI is InChI=1S/C29H34N6O/c1-20-8-10-22(11-9-20)26-18-25-28(32-26)30-19-31-29(25)35-14-12-34(13-15-35)27(36)16-21(2)23-6-5-7-24(17-23)33(3)4/h5-11,17-19,21H,12-16H2,1-4H3,(H,30,31,32)/t21-/m1/s1. The Labute approximate surface area is 212 Å². The van der Waals surface area contributed by atoms with E-state index in [4.69, 9.17) is 0 Å². The number of benzene rings is 2. The fourth-order valence-electron chi connectivity index (χ4n) is 4.85. The predicted octanol–water partition coefficient (Wildman–Crippen LogP) is 4.84. The molecule has 0 radical (unpaired) electrons. The normalized spacial score (nSPS) is 14.8. The van der Waals surface area contributed by atoms with Crippen molar-refractivity contribution in [2.75, 3.05) is 50.1 Å². The molecule has 2 aromatic heterocycles. The van der Waals surface area contributed by atoms with E-state index in [1.807, 2.05) is 19.0 Å². The first-order chi connectivity index (χ1) is 17.4. The van der Waals surface area contributed by atoms with Gasteiger partial charge >= 0.3 is 0 Å². The lowest BCUT2D eigenvalue weighted by Gasteiger charge is -2.36. The van der Waals surface area contributed by atoms with Gasteiger partial charge in [-0.3, -0.25) is 4.79 Å². The highest BCUT2D eigenvalue weighted by molar-refractivity contribution is 5.92. The van der Waals surface area contributed by atoms with Crippen LogP contribution in [0.1, 0.15) is 30.4 Å². The molecule has 0 unspecified atom stereocenters. The first-order valence-electron chi connectivity index (χ1n) is 12.6. The molecule has 1 aliphatic rings. The van der Waals surface area contributed by atoms with E-state index in [1.165, 1.54) is 11.1 Å². The zero-order valence-corrected chi connectivity index (χ0v) is 21.5. The van der Waals surface area contributed by atoms with Crippen LogP contribution in [0.3, 0.4) is 0 Å². The molecule has 1 fully saturated rings. The third kappa shape index (κ3) is 4.91. The van der Waals surface area contributed by atoms with Gasteiger partial charge in [-0.25, -0.2) is 9.97 Å². The topological polar surface area (TPSA) is 68.4 Å². The summed E-state index contributed by atoms with van der Waals surface area (Å²) in [7, 11) is 4.08. The van der Waals surface area contributed by atoms with Crippen LogP contribution in [-0.4, -0.2) is 66.0 Å². The van der Waals surface area contributed by atoms with E-state index in [2.05, 4.69) is 93.2 Å². The van der Waals surface area contributed by atoms with Gasteiger partial charge in [0.15, 0.2) is 0 Å². The van der Waals surface area contributed by atoms with Gasteiger partial charge in [0.25, 0.3) is 0 Å². The largest absolute Gasteiger partial charge is 0.378 e. The maximum atomic E-state index is 13.1. The molecule has 7 heteroatoms. The minimum Gasteiger partial charge on any atom is -0.378 e. The predicted molar refractivity (Wildman–Crippen MR) is 147 cm³/mol. The van der Waals surface area contributed by atoms with Crippen LogP contribution in [0.25, 0.3) is 22.3 Å². The molecule has 1 amide bonds. The molecule has 7 nitrogen and oxygen atoms in total. The van der Waals surface area contributed by atoms with Crippen molar-refractivity contribution >= 4 is 28.4 Å². The van der Waals surface area contributed by atoms with Gasteiger partial charge in [0, 0.05) is 58.1 Å². The first kappa shape index (κ1) is 23.9. The van der Waals surface area contributed by atoms with Crippen molar-refractivity contribution in [2.45, 2.75) is 26.2 Å². The molecule has 0 bridgehead atoms. The Balaban J connectivity index is 1.25. The summed E-state index contributed by atoms with van der Waals surface area (Å²) in [6.07, 6.45) is 2.14. The number of nitrogens with zero attached hydrogens (tertiary/aromatic N) is 5. The zero-order chi connectivity index (χ0) is 25.2. The number of H-pyrrole nitrogens is 1. The molecule has 36 heavy (non-hydrogen) atoms. The SMILES string of the molecule is Cc1ccc(-c2cc3c(N4CCN(C(=O)C[C@@H](C)c5cccc(N(C)C)c5)CC4)ncnc3[nH]2)cc1. The van der Waals surface area contributed by atoms with Crippen molar-refractivity contribution in [3.05, 3.63) is 72.1 Å². The lowest BCUT2D eigenvalue weighted by molar-refractivity contribution is -0.131. The van der Waals surface area contributed by atoms with Gasteiger partial charge in [0.1, 0.15) is 17.8 Å².